The highest BCUT2D eigenvalue weighted by Crippen LogP contribution is 2.20. The van der Waals surface area contributed by atoms with E-state index in [1.807, 2.05) is 44.2 Å². The van der Waals surface area contributed by atoms with Gasteiger partial charge in [-0.15, -0.1) is 0 Å². The normalized spacial score (nSPS) is 10.7. The molecule has 0 bridgehead atoms. The van der Waals surface area contributed by atoms with Crippen LogP contribution in [0.25, 0.3) is 0 Å². The average Bonchev–Trinajstić information content (AvgIpc) is 2.39. The Labute approximate surface area is 127 Å². The molecule has 0 unspecified atom stereocenters. The third-order valence-electron chi connectivity index (χ3n) is 2.71. The van der Waals surface area contributed by atoms with Gasteiger partial charge in [-0.05, 0) is 49.7 Å². The molecule has 0 saturated carbocycles. The lowest BCUT2D eigenvalue weighted by Crippen LogP contribution is -2.06. The van der Waals surface area contributed by atoms with Gasteiger partial charge in [0.1, 0.15) is 11.6 Å². The van der Waals surface area contributed by atoms with Crippen LogP contribution in [0.5, 0.6) is 5.75 Å². The highest BCUT2D eigenvalue weighted by molar-refractivity contribution is 9.10. The molecule has 0 spiro atoms. The first-order chi connectivity index (χ1) is 9.54. The fraction of sp³-hybridized carbons (Fsp3) is 0.250. The Balaban J connectivity index is 1.96. The number of anilines is 1. The largest absolute Gasteiger partial charge is 0.491 e. The maximum absolute atomic E-state index is 13.6. The summed E-state index contributed by atoms with van der Waals surface area (Å²) in [7, 11) is 0. The lowest BCUT2D eigenvalue weighted by atomic mass is 10.2. The maximum atomic E-state index is 13.6. The van der Waals surface area contributed by atoms with Crippen molar-refractivity contribution in [1.82, 2.24) is 0 Å². The zero-order chi connectivity index (χ0) is 14.5. The molecule has 0 aliphatic rings. The number of hydrogen-bond acceptors (Lipinski definition) is 2. The first-order valence-corrected chi connectivity index (χ1v) is 7.28. The molecule has 0 fully saturated rings. The molecule has 0 amide bonds. The highest BCUT2D eigenvalue weighted by atomic mass is 79.9. The first-order valence-electron chi connectivity index (χ1n) is 6.49. The quantitative estimate of drug-likeness (QED) is 0.829. The van der Waals surface area contributed by atoms with Crippen LogP contribution < -0.4 is 10.1 Å². The van der Waals surface area contributed by atoms with Gasteiger partial charge in [-0.1, -0.05) is 28.1 Å². The molecule has 2 aromatic carbocycles. The van der Waals surface area contributed by atoms with Crippen LogP contribution in [0.4, 0.5) is 10.1 Å². The summed E-state index contributed by atoms with van der Waals surface area (Å²) < 4.78 is 20.0. The molecule has 0 heterocycles. The molecule has 0 aliphatic heterocycles. The van der Waals surface area contributed by atoms with E-state index in [2.05, 4.69) is 21.2 Å². The number of rotatable bonds is 5. The zero-order valence-corrected chi connectivity index (χ0v) is 13.1. The Morgan fingerprint density at radius 1 is 1.15 bits per heavy atom. The summed E-state index contributed by atoms with van der Waals surface area (Å²) in [6, 6.07) is 12.8. The molecule has 106 valence electrons. The van der Waals surface area contributed by atoms with Crippen LogP contribution >= 0.6 is 15.9 Å². The predicted molar refractivity (Wildman–Crippen MR) is 83.6 cm³/mol. The lowest BCUT2D eigenvalue weighted by Gasteiger charge is -2.11. The molecule has 0 aromatic heterocycles. The summed E-state index contributed by atoms with van der Waals surface area (Å²) in [6.07, 6.45) is 0.163. The van der Waals surface area contributed by atoms with Gasteiger partial charge in [-0.2, -0.15) is 0 Å². The molecular weight excluding hydrogens is 321 g/mol. The van der Waals surface area contributed by atoms with Crippen molar-refractivity contribution in [2.24, 2.45) is 0 Å². The number of hydrogen-bond donors (Lipinski definition) is 1. The van der Waals surface area contributed by atoms with Crippen molar-refractivity contribution >= 4 is 21.6 Å². The van der Waals surface area contributed by atoms with Crippen molar-refractivity contribution in [3.8, 4) is 5.75 Å². The fourth-order valence-electron chi connectivity index (χ4n) is 1.79. The van der Waals surface area contributed by atoms with Gasteiger partial charge in [0.2, 0.25) is 0 Å². The number of benzene rings is 2. The summed E-state index contributed by atoms with van der Waals surface area (Å²) in [5.41, 5.74) is 1.57. The van der Waals surface area contributed by atoms with E-state index in [0.717, 1.165) is 15.8 Å². The molecule has 0 saturated heterocycles. The Morgan fingerprint density at radius 3 is 2.45 bits per heavy atom. The summed E-state index contributed by atoms with van der Waals surface area (Å²) in [6.45, 7) is 4.55. The number of nitrogens with one attached hydrogen (secondary N) is 1. The number of halogens is 2. The van der Waals surface area contributed by atoms with Crippen molar-refractivity contribution in [1.29, 1.82) is 0 Å². The van der Waals surface area contributed by atoms with E-state index in [9.17, 15) is 4.39 Å². The molecule has 4 heteroatoms. The van der Waals surface area contributed by atoms with Gasteiger partial charge in [-0.3, -0.25) is 0 Å². The van der Waals surface area contributed by atoms with Gasteiger partial charge in [0, 0.05) is 11.0 Å². The average molecular weight is 338 g/mol. The molecule has 2 rings (SSSR count). The van der Waals surface area contributed by atoms with Crippen LogP contribution in [0.3, 0.4) is 0 Å². The topological polar surface area (TPSA) is 21.3 Å². The summed E-state index contributed by atoms with van der Waals surface area (Å²) in [5, 5.41) is 3.08. The molecule has 20 heavy (non-hydrogen) atoms. The van der Waals surface area contributed by atoms with Gasteiger partial charge in [0.05, 0.1) is 11.8 Å². The van der Waals surface area contributed by atoms with Crippen LogP contribution in [-0.2, 0) is 6.54 Å². The van der Waals surface area contributed by atoms with Gasteiger partial charge in [-0.25, -0.2) is 4.39 Å². The van der Waals surface area contributed by atoms with Gasteiger partial charge in [0.25, 0.3) is 0 Å². The second-order valence-corrected chi connectivity index (χ2v) is 5.70. The van der Waals surface area contributed by atoms with Crippen molar-refractivity contribution in [2.75, 3.05) is 5.32 Å². The molecule has 2 aromatic rings. The third kappa shape index (κ3) is 4.23. The molecule has 1 N–H and O–H groups in total. The second-order valence-electron chi connectivity index (χ2n) is 4.79. The molecule has 0 atom stereocenters. The van der Waals surface area contributed by atoms with E-state index in [4.69, 9.17) is 4.74 Å². The SMILES string of the molecule is CC(C)Oc1ccc(CNc2ccc(Br)cc2F)cc1. The fourth-order valence-corrected chi connectivity index (χ4v) is 2.12. The minimum Gasteiger partial charge on any atom is -0.491 e. The van der Waals surface area contributed by atoms with Crippen molar-refractivity contribution in [3.05, 3.63) is 58.3 Å². The molecule has 2 nitrogen and oxygen atoms in total. The summed E-state index contributed by atoms with van der Waals surface area (Å²) in [4.78, 5) is 0. The van der Waals surface area contributed by atoms with Crippen LogP contribution in [0.15, 0.2) is 46.9 Å². The molecular formula is C16H17BrFNO. The lowest BCUT2D eigenvalue weighted by molar-refractivity contribution is 0.242. The summed E-state index contributed by atoms with van der Waals surface area (Å²) >= 11 is 3.24. The van der Waals surface area contributed by atoms with E-state index in [1.54, 1.807) is 6.07 Å². The third-order valence-corrected chi connectivity index (χ3v) is 3.20. The van der Waals surface area contributed by atoms with E-state index >= 15 is 0 Å². The predicted octanol–water partition coefficient (Wildman–Crippen LogP) is 4.99. The standard InChI is InChI=1S/C16H17BrFNO/c1-11(2)20-14-6-3-12(4-7-14)10-19-16-8-5-13(17)9-15(16)18/h3-9,11,19H,10H2,1-2H3. The Hall–Kier alpha value is -1.55. The molecule has 0 radical (unpaired) electrons. The Bertz CT molecular complexity index is 569. The van der Waals surface area contributed by atoms with Crippen LogP contribution in [-0.4, -0.2) is 6.10 Å². The van der Waals surface area contributed by atoms with Crippen LogP contribution in [0, 0.1) is 5.82 Å². The van der Waals surface area contributed by atoms with E-state index < -0.39 is 0 Å². The Kier molecular flexibility index (Phi) is 5.01. The van der Waals surface area contributed by atoms with Crippen molar-refractivity contribution < 1.29 is 9.13 Å². The van der Waals surface area contributed by atoms with E-state index in [-0.39, 0.29) is 11.9 Å². The molecule has 0 aliphatic carbocycles. The van der Waals surface area contributed by atoms with Gasteiger partial charge >= 0.3 is 0 Å². The maximum Gasteiger partial charge on any atom is 0.147 e. The minimum absolute atomic E-state index is 0.163. The summed E-state index contributed by atoms with van der Waals surface area (Å²) in [5.74, 6) is 0.581. The number of ether oxygens (including phenoxy) is 1. The minimum atomic E-state index is -0.265. The van der Waals surface area contributed by atoms with Crippen molar-refractivity contribution in [2.45, 2.75) is 26.5 Å². The smallest absolute Gasteiger partial charge is 0.147 e. The monoisotopic (exact) mass is 337 g/mol. The van der Waals surface area contributed by atoms with Gasteiger partial charge in [0.15, 0.2) is 0 Å². The zero-order valence-electron chi connectivity index (χ0n) is 11.5. The first kappa shape index (κ1) is 14.9. The van der Waals surface area contributed by atoms with Crippen LogP contribution in [0.1, 0.15) is 19.4 Å². The van der Waals surface area contributed by atoms with Crippen LogP contribution in [0.2, 0.25) is 0 Å². The van der Waals surface area contributed by atoms with Crippen molar-refractivity contribution in [3.63, 3.8) is 0 Å². The second kappa shape index (κ2) is 6.75. The Morgan fingerprint density at radius 2 is 1.85 bits per heavy atom. The van der Waals surface area contributed by atoms with E-state index in [0.29, 0.717) is 12.2 Å². The highest BCUT2D eigenvalue weighted by Gasteiger charge is 2.03. The van der Waals surface area contributed by atoms with Gasteiger partial charge < -0.3 is 10.1 Å². The van der Waals surface area contributed by atoms with E-state index in [1.165, 1.54) is 6.07 Å².